The summed E-state index contributed by atoms with van der Waals surface area (Å²) in [5.41, 5.74) is -0.279. The molecule has 6 heteroatoms. The average Bonchev–Trinajstić information content (AvgIpc) is 2.26. The van der Waals surface area contributed by atoms with E-state index in [4.69, 9.17) is 0 Å². The first-order valence-corrected chi connectivity index (χ1v) is 5.20. The molecule has 0 aliphatic rings. The van der Waals surface area contributed by atoms with E-state index in [1.54, 1.807) is 0 Å². The van der Waals surface area contributed by atoms with Crippen molar-refractivity contribution in [3.63, 3.8) is 0 Å². The van der Waals surface area contributed by atoms with Crippen molar-refractivity contribution in [3.05, 3.63) is 38.8 Å². The summed E-state index contributed by atoms with van der Waals surface area (Å²) in [7, 11) is 0. The maximum absolute atomic E-state index is 11.4. The van der Waals surface area contributed by atoms with E-state index in [1.165, 1.54) is 22.9 Å². The number of nitrogens with zero attached hydrogens (tertiary/aromatic N) is 2. The Kier molecular flexibility index (Phi) is 4.65. The lowest BCUT2D eigenvalue weighted by Crippen LogP contribution is -2.26. The number of nitrogens with one attached hydrogen (secondary N) is 1. The molecule has 88 valence electrons. The van der Waals surface area contributed by atoms with Crippen LogP contribution in [0.1, 0.15) is 13.3 Å². The maximum atomic E-state index is 11.4. The second kappa shape index (κ2) is 6.02. The maximum Gasteiger partial charge on any atom is 0.285 e. The van der Waals surface area contributed by atoms with Crippen LogP contribution in [0.5, 0.6) is 0 Å². The predicted octanol–water partition coefficient (Wildman–Crippen LogP) is 0.756. The van der Waals surface area contributed by atoms with Crippen LogP contribution < -0.4 is 10.9 Å². The quantitative estimate of drug-likeness (QED) is 0.440. The summed E-state index contributed by atoms with van der Waals surface area (Å²) >= 11 is 0. The van der Waals surface area contributed by atoms with Crippen LogP contribution >= 0.6 is 0 Å². The van der Waals surface area contributed by atoms with Gasteiger partial charge in [0.1, 0.15) is 0 Å². The lowest BCUT2D eigenvalue weighted by molar-refractivity contribution is -0.385. The largest absolute Gasteiger partial charge is 0.315 e. The molecule has 0 atom stereocenters. The number of hydrogen-bond acceptors (Lipinski definition) is 4. The van der Waals surface area contributed by atoms with E-state index in [0.717, 1.165) is 13.0 Å². The molecule has 0 radical (unpaired) electrons. The molecule has 0 bridgehead atoms. The Morgan fingerprint density at radius 2 is 2.19 bits per heavy atom. The highest BCUT2D eigenvalue weighted by atomic mass is 16.6. The highest BCUT2D eigenvalue weighted by molar-refractivity contribution is 5.24. The first kappa shape index (κ1) is 12.4. The molecule has 1 heterocycles. The molecular weight excluding hydrogens is 210 g/mol. The van der Waals surface area contributed by atoms with Gasteiger partial charge in [-0.25, -0.2) is 0 Å². The van der Waals surface area contributed by atoms with Gasteiger partial charge in [0, 0.05) is 25.2 Å². The Balaban J connectivity index is 2.67. The normalized spacial score (nSPS) is 10.3. The van der Waals surface area contributed by atoms with E-state index >= 15 is 0 Å². The van der Waals surface area contributed by atoms with Gasteiger partial charge < -0.3 is 9.88 Å². The van der Waals surface area contributed by atoms with Gasteiger partial charge in [-0.05, 0) is 13.0 Å². The third-order valence-corrected chi connectivity index (χ3v) is 2.13. The molecule has 0 saturated carbocycles. The molecule has 0 aliphatic heterocycles. The summed E-state index contributed by atoms with van der Waals surface area (Å²) in [5, 5.41) is 13.6. The van der Waals surface area contributed by atoms with Crippen LogP contribution in [0.4, 0.5) is 5.69 Å². The van der Waals surface area contributed by atoms with Crippen molar-refractivity contribution in [2.24, 2.45) is 0 Å². The lowest BCUT2D eigenvalue weighted by atomic mass is 10.4. The van der Waals surface area contributed by atoms with Crippen LogP contribution in [-0.4, -0.2) is 22.6 Å². The van der Waals surface area contributed by atoms with E-state index in [9.17, 15) is 14.9 Å². The first-order valence-electron chi connectivity index (χ1n) is 5.20. The Bertz CT molecular complexity index is 414. The zero-order chi connectivity index (χ0) is 12.0. The predicted molar refractivity (Wildman–Crippen MR) is 60.5 cm³/mol. The fourth-order valence-electron chi connectivity index (χ4n) is 1.30. The van der Waals surface area contributed by atoms with Crippen LogP contribution in [0.2, 0.25) is 0 Å². The second-order valence-corrected chi connectivity index (χ2v) is 3.43. The zero-order valence-electron chi connectivity index (χ0n) is 9.18. The third-order valence-electron chi connectivity index (χ3n) is 2.13. The summed E-state index contributed by atoms with van der Waals surface area (Å²) in [5.74, 6) is 0. The monoisotopic (exact) mass is 225 g/mol. The Labute approximate surface area is 93.1 Å². The van der Waals surface area contributed by atoms with E-state index in [-0.39, 0.29) is 11.2 Å². The van der Waals surface area contributed by atoms with Gasteiger partial charge in [-0.3, -0.25) is 14.9 Å². The minimum Gasteiger partial charge on any atom is -0.315 e. The molecular formula is C10H15N3O3. The number of hydrogen-bond donors (Lipinski definition) is 1. The van der Waals surface area contributed by atoms with E-state index < -0.39 is 4.92 Å². The van der Waals surface area contributed by atoms with Crippen LogP contribution in [-0.2, 0) is 6.54 Å². The summed E-state index contributed by atoms with van der Waals surface area (Å²) in [4.78, 5) is 21.4. The molecule has 6 nitrogen and oxygen atoms in total. The van der Waals surface area contributed by atoms with Crippen LogP contribution in [0.25, 0.3) is 0 Å². The number of aromatic nitrogens is 1. The van der Waals surface area contributed by atoms with Gasteiger partial charge >= 0.3 is 0 Å². The molecule has 0 unspecified atom stereocenters. The molecule has 1 N–H and O–H groups in total. The lowest BCUT2D eigenvalue weighted by Gasteiger charge is -2.05. The van der Waals surface area contributed by atoms with Gasteiger partial charge in [0.2, 0.25) is 0 Å². The Morgan fingerprint density at radius 3 is 2.81 bits per heavy atom. The van der Waals surface area contributed by atoms with Crippen molar-refractivity contribution in [2.75, 3.05) is 13.1 Å². The molecule has 0 spiro atoms. The standard InChI is InChI=1S/C10H15N3O3/c1-2-5-11-6-7-12-8-9(13(15)16)3-4-10(12)14/h3-4,8,11H,2,5-7H2,1H3. The minimum absolute atomic E-state index is 0.0601. The van der Waals surface area contributed by atoms with Crippen molar-refractivity contribution in [1.29, 1.82) is 0 Å². The molecule has 1 rings (SSSR count). The van der Waals surface area contributed by atoms with E-state index in [1.807, 2.05) is 6.92 Å². The molecule has 1 aromatic heterocycles. The van der Waals surface area contributed by atoms with Crippen LogP contribution in [0, 0.1) is 10.1 Å². The Morgan fingerprint density at radius 1 is 1.44 bits per heavy atom. The first-order chi connectivity index (χ1) is 7.65. The highest BCUT2D eigenvalue weighted by Gasteiger charge is 2.06. The summed E-state index contributed by atoms with van der Waals surface area (Å²) < 4.78 is 1.35. The molecule has 0 saturated heterocycles. The molecule has 1 aromatic rings. The number of pyridine rings is 1. The van der Waals surface area contributed by atoms with Gasteiger partial charge in [-0.15, -0.1) is 0 Å². The fourth-order valence-corrected chi connectivity index (χ4v) is 1.30. The number of nitro groups is 1. The van der Waals surface area contributed by atoms with Gasteiger partial charge in [0.25, 0.3) is 11.2 Å². The van der Waals surface area contributed by atoms with E-state index in [2.05, 4.69) is 5.32 Å². The van der Waals surface area contributed by atoms with Gasteiger partial charge in [0.15, 0.2) is 0 Å². The van der Waals surface area contributed by atoms with Crippen LogP contribution in [0.15, 0.2) is 23.1 Å². The fraction of sp³-hybridized carbons (Fsp3) is 0.500. The minimum atomic E-state index is -0.505. The van der Waals surface area contributed by atoms with Crippen molar-refractivity contribution < 1.29 is 4.92 Å². The SMILES string of the molecule is CCCNCCn1cc([N+](=O)[O-])ccc1=O. The molecule has 16 heavy (non-hydrogen) atoms. The van der Waals surface area contributed by atoms with Crippen molar-refractivity contribution in [1.82, 2.24) is 9.88 Å². The molecule has 0 aliphatic carbocycles. The van der Waals surface area contributed by atoms with Crippen molar-refractivity contribution in [2.45, 2.75) is 19.9 Å². The summed E-state index contributed by atoms with van der Waals surface area (Å²) in [6, 6.07) is 2.44. The number of rotatable bonds is 6. The average molecular weight is 225 g/mol. The smallest absolute Gasteiger partial charge is 0.285 e. The van der Waals surface area contributed by atoms with Gasteiger partial charge in [-0.1, -0.05) is 6.92 Å². The van der Waals surface area contributed by atoms with Gasteiger partial charge in [-0.2, -0.15) is 0 Å². The van der Waals surface area contributed by atoms with Crippen molar-refractivity contribution >= 4 is 5.69 Å². The van der Waals surface area contributed by atoms with E-state index in [0.29, 0.717) is 13.1 Å². The van der Waals surface area contributed by atoms with Crippen molar-refractivity contribution in [3.8, 4) is 0 Å². The molecule has 0 amide bonds. The summed E-state index contributed by atoms with van der Waals surface area (Å²) in [6.45, 7) is 4.01. The Hall–Kier alpha value is -1.69. The third kappa shape index (κ3) is 3.47. The van der Waals surface area contributed by atoms with Gasteiger partial charge in [0.05, 0.1) is 11.1 Å². The molecule has 0 fully saturated rings. The zero-order valence-corrected chi connectivity index (χ0v) is 9.18. The summed E-state index contributed by atoms with van der Waals surface area (Å²) in [6.07, 6.45) is 2.29. The molecule has 0 aromatic carbocycles. The highest BCUT2D eigenvalue weighted by Crippen LogP contribution is 2.05. The van der Waals surface area contributed by atoms with Crippen LogP contribution in [0.3, 0.4) is 0 Å². The second-order valence-electron chi connectivity index (χ2n) is 3.43. The topological polar surface area (TPSA) is 77.2 Å².